The number of methoxy groups -OCH3 is 1. The van der Waals surface area contributed by atoms with Crippen LogP contribution in [0.3, 0.4) is 0 Å². The maximum absolute atomic E-state index is 10.2. The zero-order chi connectivity index (χ0) is 22.2. The molecule has 2 aromatic rings. The van der Waals surface area contributed by atoms with Crippen LogP contribution in [0.2, 0.25) is 0 Å². The van der Waals surface area contributed by atoms with E-state index in [9.17, 15) is 5.11 Å². The maximum Gasteiger partial charge on any atom is 0.194 e. The summed E-state index contributed by atoms with van der Waals surface area (Å²) in [7, 11) is 5.86. The minimum absolute atomic E-state index is 0. The van der Waals surface area contributed by atoms with E-state index < -0.39 is 0 Å². The number of hydrogen-bond acceptors (Lipinski definition) is 5. The van der Waals surface area contributed by atoms with Crippen LogP contribution in [-0.4, -0.2) is 81.3 Å². The monoisotopic (exact) mass is 553 g/mol. The molecule has 0 radical (unpaired) electrons. The largest absolute Gasteiger partial charge is 0.506 e. The first-order valence-corrected chi connectivity index (χ1v) is 10.9. The molecule has 1 heterocycles. The Morgan fingerprint density at radius 3 is 2.47 bits per heavy atom. The number of rotatable bonds is 7. The average Bonchev–Trinajstić information content (AvgIpc) is 2.79. The van der Waals surface area contributed by atoms with Crippen molar-refractivity contribution >= 4 is 35.6 Å². The summed E-state index contributed by atoms with van der Waals surface area (Å²) in [4.78, 5) is 11.7. The number of nitrogens with one attached hydrogen (secondary N) is 1. The molecular formula is C24H36IN5O2. The molecule has 8 heteroatoms. The predicted molar refractivity (Wildman–Crippen MR) is 143 cm³/mol. The van der Waals surface area contributed by atoms with Gasteiger partial charge in [0.05, 0.1) is 25.4 Å². The second-order valence-electron chi connectivity index (χ2n) is 7.91. The van der Waals surface area contributed by atoms with E-state index in [1.165, 1.54) is 5.56 Å². The number of piperazine rings is 1. The second-order valence-corrected chi connectivity index (χ2v) is 7.91. The number of hydrogen-bond donors (Lipinski definition) is 2. The van der Waals surface area contributed by atoms with Crippen LogP contribution in [0.15, 0.2) is 53.5 Å². The van der Waals surface area contributed by atoms with Gasteiger partial charge in [-0.2, -0.15) is 0 Å². The summed E-state index contributed by atoms with van der Waals surface area (Å²) in [5.41, 5.74) is 2.09. The minimum atomic E-state index is 0. The Morgan fingerprint density at radius 1 is 1.12 bits per heavy atom. The molecule has 176 valence electrons. The van der Waals surface area contributed by atoms with Gasteiger partial charge in [-0.1, -0.05) is 24.3 Å². The number of guanidine groups is 1. The fraction of sp³-hybridized carbons (Fsp3) is 0.458. The van der Waals surface area contributed by atoms with Gasteiger partial charge in [0.25, 0.3) is 0 Å². The summed E-state index contributed by atoms with van der Waals surface area (Å²) >= 11 is 0. The Bertz CT molecular complexity index is 869. The summed E-state index contributed by atoms with van der Waals surface area (Å²) in [6.45, 7) is 6.97. The Hall–Kier alpha value is -2.20. The summed E-state index contributed by atoms with van der Waals surface area (Å²) in [5.74, 6) is 2.14. The van der Waals surface area contributed by atoms with E-state index in [1.54, 1.807) is 13.2 Å². The quantitative estimate of drug-likeness (QED) is 0.312. The molecule has 2 N–H and O–H groups in total. The van der Waals surface area contributed by atoms with Crippen LogP contribution in [0.1, 0.15) is 18.5 Å². The highest BCUT2D eigenvalue weighted by atomic mass is 127. The van der Waals surface area contributed by atoms with Crippen molar-refractivity contribution < 1.29 is 9.84 Å². The fourth-order valence-electron chi connectivity index (χ4n) is 3.91. The lowest BCUT2D eigenvalue weighted by atomic mass is 10.1. The molecule has 1 aliphatic rings. The summed E-state index contributed by atoms with van der Waals surface area (Å²) in [5, 5.41) is 13.6. The van der Waals surface area contributed by atoms with Crippen LogP contribution < -0.4 is 15.0 Å². The highest BCUT2D eigenvalue weighted by molar-refractivity contribution is 14.0. The number of benzene rings is 2. The van der Waals surface area contributed by atoms with Crippen molar-refractivity contribution in [2.75, 3.05) is 65.4 Å². The molecule has 0 aliphatic carbocycles. The molecule has 1 saturated heterocycles. The number of likely N-dealkylation sites (N-methyl/N-ethyl adjacent to an activating group) is 1. The van der Waals surface area contributed by atoms with Gasteiger partial charge in [-0.15, -0.1) is 24.0 Å². The Balaban J connectivity index is 0.00000363. The van der Waals surface area contributed by atoms with Gasteiger partial charge in [0.15, 0.2) is 5.96 Å². The lowest BCUT2D eigenvalue weighted by Gasteiger charge is -2.38. The number of aliphatic imine (C=N–C) groups is 1. The third-order valence-electron chi connectivity index (χ3n) is 5.65. The Kier molecular flexibility index (Phi) is 10.4. The van der Waals surface area contributed by atoms with Gasteiger partial charge in [-0.25, -0.2) is 0 Å². The van der Waals surface area contributed by atoms with Gasteiger partial charge in [-0.3, -0.25) is 4.99 Å². The van der Waals surface area contributed by atoms with Gasteiger partial charge in [-0.05, 0) is 50.8 Å². The number of phenolic OH excluding ortho intramolecular Hbond substituents is 1. The van der Waals surface area contributed by atoms with E-state index in [4.69, 9.17) is 9.73 Å². The molecule has 1 atom stereocenters. The molecule has 3 rings (SSSR count). The van der Waals surface area contributed by atoms with Crippen LogP contribution >= 0.6 is 24.0 Å². The molecular weight excluding hydrogens is 517 g/mol. The summed E-state index contributed by atoms with van der Waals surface area (Å²) in [6.07, 6.45) is 0. The fourth-order valence-corrected chi connectivity index (χ4v) is 3.91. The smallest absolute Gasteiger partial charge is 0.194 e. The molecule has 1 aliphatic heterocycles. The van der Waals surface area contributed by atoms with Crippen molar-refractivity contribution in [3.8, 4) is 11.5 Å². The van der Waals surface area contributed by atoms with Crippen molar-refractivity contribution in [1.82, 2.24) is 15.1 Å². The van der Waals surface area contributed by atoms with E-state index in [-0.39, 0.29) is 30.0 Å². The zero-order valence-corrected chi connectivity index (χ0v) is 21.8. The normalized spacial score (nSPS) is 15.3. The molecule has 0 aromatic heterocycles. The Labute approximate surface area is 209 Å². The lowest BCUT2D eigenvalue weighted by Crippen LogP contribution is -2.52. The van der Waals surface area contributed by atoms with Crippen LogP contribution in [-0.2, 0) is 0 Å². The topological polar surface area (TPSA) is 63.6 Å². The van der Waals surface area contributed by atoms with Gasteiger partial charge in [0, 0.05) is 32.7 Å². The van der Waals surface area contributed by atoms with Gasteiger partial charge >= 0.3 is 0 Å². The third-order valence-corrected chi connectivity index (χ3v) is 5.65. The number of nitrogens with zero attached hydrogens (tertiary/aromatic N) is 4. The van der Waals surface area contributed by atoms with Crippen molar-refractivity contribution in [3.63, 3.8) is 0 Å². The molecule has 1 unspecified atom stereocenters. The maximum atomic E-state index is 10.2. The minimum Gasteiger partial charge on any atom is -0.506 e. The van der Waals surface area contributed by atoms with E-state index >= 15 is 0 Å². The molecule has 0 bridgehead atoms. The van der Waals surface area contributed by atoms with Crippen LogP contribution in [0.5, 0.6) is 11.5 Å². The molecule has 0 spiro atoms. The summed E-state index contributed by atoms with van der Waals surface area (Å²) < 4.78 is 5.40. The highest BCUT2D eigenvalue weighted by Gasteiger charge is 2.22. The first-order chi connectivity index (χ1) is 15.0. The number of phenols is 1. The number of aromatic hydroxyl groups is 1. The van der Waals surface area contributed by atoms with Crippen molar-refractivity contribution in [2.45, 2.75) is 13.0 Å². The molecule has 0 saturated carbocycles. The zero-order valence-electron chi connectivity index (χ0n) is 19.5. The lowest BCUT2D eigenvalue weighted by molar-refractivity contribution is 0.302. The predicted octanol–water partition coefficient (Wildman–Crippen LogP) is 3.41. The van der Waals surface area contributed by atoms with Crippen molar-refractivity contribution in [2.24, 2.45) is 4.99 Å². The standard InChI is InChI=1S/C24H35N5O2.HI/c1-5-25-24(26-18-22(27(2)3)19-9-8-10-20(17-19)31-4)29-15-13-28(14-16-29)21-11-6-7-12-23(21)30;/h6-12,17,22,30H,5,13-16,18H2,1-4H3,(H,25,26);1H. The molecule has 0 amide bonds. The van der Waals surface area contributed by atoms with E-state index in [0.29, 0.717) is 12.3 Å². The second kappa shape index (κ2) is 12.7. The van der Waals surface area contributed by atoms with Crippen molar-refractivity contribution in [3.05, 3.63) is 54.1 Å². The van der Waals surface area contributed by atoms with Crippen LogP contribution in [0.25, 0.3) is 0 Å². The van der Waals surface area contributed by atoms with Crippen LogP contribution in [0, 0.1) is 0 Å². The van der Waals surface area contributed by atoms with Gasteiger partial charge in [0.2, 0.25) is 0 Å². The van der Waals surface area contributed by atoms with Crippen LogP contribution in [0.4, 0.5) is 5.69 Å². The number of ether oxygens (including phenoxy) is 1. The summed E-state index contributed by atoms with van der Waals surface area (Å²) in [6, 6.07) is 15.9. The van der Waals surface area contributed by atoms with E-state index in [1.807, 2.05) is 30.3 Å². The van der Waals surface area contributed by atoms with E-state index in [2.05, 4.69) is 53.2 Å². The van der Waals surface area contributed by atoms with Gasteiger partial charge in [0.1, 0.15) is 11.5 Å². The molecule has 7 nitrogen and oxygen atoms in total. The van der Waals surface area contributed by atoms with Gasteiger partial charge < -0.3 is 29.9 Å². The SMILES string of the molecule is CCNC(=NCC(c1cccc(OC)c1)N(C)C)N1CCN(c2ccccc2O)CC1.I. The third kappa shape index (κ3) is 6.65. The molecule has 1 fully saturated rings. The first-order valence-electron chi connectivity index (χ1n) is 10.9. The molecule has 2 aromatic carbocycles. The first kappa shape index (κ1) is 26.1. The number of para-hydroxylation sites is 2. The average molecular weight is 553 g/mol. The van der Waals surface area contributed by atoms with E-state index in [0.717, 1.165) is 50.1 Å². The number of halogens is 1. The number of anilines is 1. The van der Waals surface area contributed by atoms with Crippen molar-refractivity contribution in [1.29, 1.82) is 0 Å². The molecule has 32 heavy (non-hydrogen) atoms. The Morgan fingerprint density at radius 2 is 1.84 bits per heavy atom. The highest BCUT2D eigenvalue weighted by Crippen LogP contribution is 2.27.